The van der Waals surface area contributed by atoms with E-state index in [0.29, 0.717) is 24.2 Å². The predicted octanol–water partition coefficient (Wildman–Crippen LogP) is 4.63. The average molecular weight is 490 g/mol. The smallest absolute Gasteiger partial charge is 0.262 e. The van der Waals surface area contributed by atoms with Crippen molar-refractivity contribution in [1.82, 2.24) is 15.3 Å². The Bertz CT molecular complexity index is 1310. The predicted molar refractivity (Wildman–Crippen MR) is 141 cm³/mol. The van der Waals surface area contributed by atoms with Gasteiger partial charge < -0.3 is 0 Å². The number of carbonyl (C=O) groups is 3. The maximum Gasteiger partial charge on any atom is 0.262 e. The second-order valence-corrected chi connectivity index (χ2v) is 9.03. The third-order valence-corrected chi connectivity index (χ3v) is 6.41. The molecule has 4 aromatic carbocycles. The molecule has 3 amide bonds. The van der Waals surface area contributed by atoms with Crippen molar-refractivity contribution in [2.45, 2.75) is 25.6 Å². The average Bonchev–Trinajstić information content (AvgIpc) is 3.18. The molecule has 0 bridgehead atoms. The van der Waals surface area contributed by atoms with Gasteiger partial charge in [0.25, 0.3) is 17.7 Å². The minimum absolute atomic E-state index is 0.211. The summed E-state index contributed by atoms with van der Waals surface area (Å²) in [7, 11) is 0. The maximum absolute atomic E-state index is 13.9. The molecule has 0 radical (unpaired) electrons. The van der Waals surface area contributed by atoms with Crippen LogP contribution in [0.4, 0.5) is 0 Å². The molecule has 4 aromatic rings. The number of imide groups is 1. The Hall–Kier alpha value is -4.55. The molecule has 5 rings (SSSR count). The van der Waals surface area contributed by atoms with Crippen LogP contribution in [-0.4, -0.2) is 33.7 Å². The molecule has 0 aromatic heterocycles. The second-order valence-electron chi connectivity index (χ2n) is 9.03. The molecule has 1 heterocycles. The van der Waals surface area contributed by atoms with Crippen LogP contribution in [0.2, 0.25) is 0 Å². The number of amides is 3. The van der Waals surface area contributed by atoms with E-state index >= 15 is 0 Å². The molecule has 184 valence electrons. The summed E-state index contributed by atoms with van der Waals surface area (Å²) in [4.78, 5) is 41.6. The molecule has 0 spiro atoms. The van der Waals surface area contributed by atoms with Crippen LogP contribution in [0.3, 0.4) is 0 Å². The van der Waals surface area contributed by atoms with Gasteiger partial charge in [-0.3, -0.25) is 24.7 Å². The Balaban J connectivity index is 1.44. The third kappa shape index (κ3) is 5.50. The molecule has 6 heteroatoms. The number of nitrogens with one attached hydrogen (secondary N) is 1. The highest BCUT2D eigenvalue weighted by atomic mass is 16.2. The van der Waals surface area contributed by atoms with Crippen molar-refractivity contribution in [1.29, 1.82) is 0 Å². The van der Waals surface area contributed by atoms with Gasteiger partial charge in [-0.05, 0) is 28.8 Å². The number of hydrazine groups is 1. The van der Waals surface area contributed by atoms with E-state index in [1.165, 1.54) is 0 Å². The first-order valence-corrected chi connectivity index (χ1v) is 12.2. The fourth-order valence-corrected chi connectivity index (χ4v) is 4.60. The zero-order chi connectivity index (χ0) is 25.6. The zero-order valence-electron chi connectivity index (χ0n) is 20.3. The van der Waals surface area contributed by atoms with E-state index in [1.807, 2.05) is 96.0 Å². The lowest BCUT2D eigenvalue weighted by Gasteiger charge is -2.30. The highest BCUT2D eigenvalue weighted by Gasteiger charge is 2.43. The van der Waals surface area contributed by atoms with Crippen molar-refractivity contribution in [3.8, 4) is 0 Å². The molecule has 37 heavy (non-hydrogen) atoms. The number of nitrogens with zero attached hydrogens (tertiary/aromatic N) is 2. The molecule has 0 saturated carbocycles. The number of carbonyl (C=O) groups excluding carboxylic acids is 3. The SMILES string of the molecule is O=C(NN(Cc1ccccc1)Cc1ccccc1)[C@H](Cc1ccccc1)N1C(=O)c2ccccc2C1=O. The van der Waals surface area contributed by atoms with Crippen molar-refractivity contribution >= 4 is 17.7 Å². The van der Waals surface area contributed by atoms with Gasteiger partial charge in [-0.15, -0.1) is 0 Å². The number of hydrogen-bond donors (Lipinski definition) is 1. The molecular weight excluding hydrogens is 462 g/mol. The number of fused-ring (bicyclic) bond motifs is 1. The molecule has 1 N–H and O–H groups in total. The second kappa shape index (κ2) is 11.0. The minimum Gasteiger partial charge on any atom is -0.286 e. The lowest BCUT2D eigenvalue weighted by Crippen LogP contribution is -2.54. The maximum atomic E-state index is 13.9. The van der Waals surface area contributed by atoms with Crippen LogP contribution in [0, 0.1) is 0 Å². The van der Waals surface area contributed by atoms with E-state index in [-0.39, 0.29) is 6.42 Å². The van der Waals surface area contributed by atoms with Crippen LogP contribution in [0.5, 0.6) is 0 Å². The van der Waals surface area contributed by atoms with Gasteiger partial charge in [-0.1, -0.05) is 103 Å². The van der Waals surface area contributed by atoms with E-state index in [2.05, 4.69) is 5.43 Å². The normalized spacial score (nSPS) is 13.5. The van der Waals surface area contributed by atoms with Crippen LogP contribution in [0.25, 0.3) is 0 Å². The van der Waals surface area contributed by atoms with E-state index in [9.17, 15) is 14.4 Å². The van der Waals surface area contributed by atoms with Crippen LogP contribution in [0.1, 0.15) is 37.4 Å². The van der Waals surface area contributed by atoms with Crippen molar-refractivity contribution in [3.05, 3.63) is 143 Å². The summed E-state index contributed by atoms with van der Waals surface area (Å²) in [5.41, 5.74) is 6.59. The molecule has 0 unspecified atom stereocenters. The van der Waals surface area contributed by atoms with Crippen molar-refractivity contribution in [2.24, 2.45) is 0 Å². The molecule has 0 fully saturated rings. The van der Waals surface area contributed by atoms with E-state index in [0.717, 1.165) is 21.6 Å². The Labute approximate surface area is 216 Å². The van der Waals surface area contributed by atoms with E-state index in [1.54, 1.807) is 24.3 Å². The molecule has 1 aliphatic heterocycles. The van der Waals surface area contributed by atoms with E-state index in [4.69, 9.17) is 0 Å². The molecular formula is C31H27N3O3. The standard InChI is InChI=1S/C31H27N3O3/c35-29(32-33(21-24-14-6-2-7-15-24)22-25-16-8-3-9-17-25)28(20-23-12-4-1-5-13-23)34-30(36)26-18-10-11-19-27(26)31(34)37/h1-19,28H,20-22H2,(H,32,35)/t28-/m0/s1. The summed E-state index contributed by atoms with van der Waals surface area (Å²) in [5, 5.41) is 1.82. The van der Waals surface area contributed by atoms with Gasteiger partial charge in [0, 0.05) is 19.5 Å². The lowest BCUT2D eigenvalue weighted by molar-refractivity contribution is -0.130. The topological polar surface area (TPSA) is 69.7 Å². The van der Waals surface area contributed by atoms with Gasteiger partial charge in [0.05, 0.1) is 11.1 Å². The molecule has 1 atom stereocenters. The fraction of sp³-hybridized carbons (Fsp3) is 0.129. The van der Waals surface area contributed by atoms with Gasteiger partial charge in [0.1, 0.15) is 6.04 Å². The largest absolute Gasteiger partial charge is 0.286 e. The van der Waals surface area contributed by atoms with Gasteiger partial charge in [-0.2, -0.15) is 0 Å². The molecule has 0 aliphatic carbocycles. The number of benzene rings is 4. The van der Waals surface area contributed by atoms with Gasteiger partial charge in [0.15, 0.2) is 0 Å². The van der Waals surface area contributed by atoms with Crippen LogP contribution in [0.15, 0.2) is 115 Å². The Kier molecular flexibility index (Phi) is 7.19. The van der Waals surface area contributed by atoms with Crippen LogP contribution < -0.4 is 5.43 Å². The van der Waals surface area contributed by atoms with Crippen molar-refractivity contribution in [3.63, 3.8) is 0 Å². The quantitative estimate of drug-likeness (QED) is 0.275. The first-order valence-electron chi connectivity index (χ1n) is 12.2. The van der Waals surface area contributed by atoms with Crippen molar-refractivity contribution < 1.29 is 14.4 Å². The monoisotopic (exact) mass is 489 g/mol. The summed E-state index contributed by atoms with van der Waals surface area (Å²) in [6, 6.07) is 34.8. The Morgan fingerprint density at radius 3 is 1.49 bits per heavy atom. The Morgan fingerprint density at radius 1 is 0.622 bits per heavy atom. The molecule has 1 aliphatic rings. The summed E-state index contributed by atoms with van der Waals surface area (Å²) >= 11 is 0. The van der Waals surface area contributed by atoms with E-state index < -0.39 is 23.8 Å². The number of rotatable bonds is 9. The van der Waals surface area contributed by atoms with Gasteiger partial charge in [-0.25, -0.2) is 5.01 Å². The van der Waals surface area contributed by atoms with Gasteiger partial charge in [0.2, 0.25) is 0 Å². The minimum atomic E-state index is -1.01. The number of hydrogen-bond acceptors (Lipinski definition) is 4. The first-order chi connectivity index (χ1) is 18.1. The molecule has 0 saturated heterocycles. The first kappa shape index (κ1) is 24.2. The molecule has 6 nitrogen and oxygen atoms in total. The third-order valence-electron chi connectivity index (χ3n) is 6.41. The Morgan fingerprint density at radius 2 is 1.03 bits per heavy atom. The summed E-state index contributed by atoms with van der Waals surface area (Å²) < 4.78 is 0. The summed E-state index contributed by atoms with van der Waals surface area (Å²) in [6.45, 7) is 0.920. The highest BCUT2D eigenvalue weighted by Crippen LogP contribution is 2.26. The zero-order valence-corrected chi connectivity index (χ0v) is 20.3. The van der Waals surface area contributed by atoms with Crippen LogP contribution in [-0.2, 0) is 24.3 Å². The summed E-state index contributed by atoms with van der Waals surface area (Å²) in [6.07, 6.45) is 0.211. The fourth-order valence-electron chi connectivity index (χ4n) is 4.60. The van der Waals surface area contributed by atoms with Crippen LogP contribution >= 0.6 is 0 Å². The summed E-state index contributed by atoms with van der Waals surface area (Å²) in [5.74, 6) is -1.31. The van der Waals surface area contributed by atoms with Gasteiger partial charge >= 0.3 is 0 Å². The van der Waals surface area contributed by atoms with Crippen molar-refractivity contribution in [2.75, 3.05) is 0 Å². The highest BCUT2D eigenvalue weighted by molar-refractivity contribution is 6.22. The lowest BCUT2D eigenvalue weighted by atomic mass is 10.0.